The molecule has 0 aromatic heterocycles. The summed E-state index contributed by atoms with van der Waals surface area (Å²) in [5, 5.41) is 11.2. The summed E-state index contributed by atoms with van der Waals surface area (Å²) in [6.07, 6.45) is -0.201. The zero-order chi connectivity index (χ0) is 13.7. The number of hydrogen-bond acceptors (Lipinski definition) is 3. The van der Waals surface area contributed by atoms with Gasteiger partial charge < -0.3 is 15.2 Å². The number of carboxylic acid groups (broad SMARTS) is 1. The van der Waals surface area contributed by atoms with Crippen molar-refractivity contribution in [1.29, 1.82) is 0 Å². The highest BCUT2D eigenvalue weighted by Crippen LogP contribution is 2.21. The maximum absolute atomic E-state index is 13.5. The largest absolute Gasteiger partial charge is 0.478 e. The fourth-order valence-corrected chi connectivity index (χ4v) is 1.45. The van der Waals surface area contributed by atoms with Gasteiger partial charge in [-0.2, -0.15) is 0 Å². The summed E-state index contributed by atoms with van der Waals surface area (Å²) in [4.78, 5) is 10.6. The monoisotopic (exact) mass is 259 g/mol. The molecule has 0 fully saturated rings. The standard InChI is InChI=1S/C12H15F2NO3/c1-3-18-7(2)6-15-11-9(13)4-8(12(16)17)5-10(11)14/h4-5,7,15H,3,6H2,1-2H3,(H,16,17). The number of aromatic carboxylic acids is 1. The van der Waals surface area contributed by atoms with Gasteiger partial charge in [-0.25, -0.2) is 13.6 Å². The quantitative estimate of drug-likeness (QED) is 0.824. The van der Waals surface area contributed by atoms with Gasteiger partial charge in [-0.15, -0.1) is 0 Å². The molecule has 0 aliphatic rings. The molecule has 4 nitrogen and oxygen atoms in total. The van der Waals surface area contributed by atoms with Gasteiger partial charge in [0.15, 0.2) is 0 Å². The molecule has 0 bridgehead atoms. The lowest BCUT2D eigenvalue weighted by molar-refractivity contribution is 0.0695. The van der Waals surface area contributed by atoms with Crippen LogP contribution in [-0.2, 0) is 4.74 Å². The topological polar surface area (TPSA) is 58.6 Å². The minimum atomic E-state index is -1.37. The first-order chi connectivity index (χ1) is 8.45. The van der Waals surface area contributed by atoms with Crippen LogP contribution in [0.4, 0.5) is 14.5 Å². The van der Waals surface area contributed by atoms with Crippen LogP contribution in [-0.4, -0.2) is 30.3 Å². The van der Waals surface area contributed by atoms with Crippen LogP contribution in [0.25, 0.3) is 0 Å². The van der Waals surface area contributed by atoms with E-state index in [1.165, 1.54) is 0 Å². The molecule has 0 heterocycles. The molecule has 0 saturated carbocycles. The summed E-state index contributed by atoms with van der Waals surface area (Å²) in [6, 6.07) is 1.55. The number of rotatable bonds is 6. The van der Waals surface area contributed by atoms with Crippen molar-refractivity contribution in [2.75, 3.05) is 18.5 Å². The van der Waals surface area contributed by atoms with E-state index in [1.807, 2.05) is 6.92 Å². The van der Waals surface area contributed by atoms with E-state index < -0.39 is 23.2 Å². The molecule has 1 aromatic rings. The second-order valence-corrected chi connectivity index (χ2v) is 3.77. The first-order valence-corrected chi connectivity index (χ1v) is 5.53. The molecule has 100 valence electrons. The van der Waals surface area contributed by atoms with E-state index >= 15 is 0 Å². The molecule has 2 N–H and O–H groups in total. The van der Waals surface area contributed by atoms with Crippen molar-refractivity contribution in [1.82, 2.24) is 0 Å². The zero-order valence-corrected chi connectivity index (χ0v) is 10.2. The minimum Gasteiger partial charge on any atom is -0.478 e. The van der Waals surface area contributed by atoms with Gasteiger partial charge in [0.2, 0.25) is 0 Å². The first-order valence-electron chi connectivity index (χ1n) is 5.53. The van der Waals surface area contributed by atoms with Gasteiger partial charge in [0.25, 0.3) is 0 Å². The van der Waals surface area contributed by atoms with E-state index in [2.05, 4.69) is 5.32 Å². The second kappa shape index (κ2) is 6.30. The summed E-state index contributed by atoms with van der Waals surface area (Å²) >= 11 is 0. The molecular weight excluding hydrogens is 244 g/mol. The summed E-state index contributed by atoms with van der Waals surface area (Å²) in [6.45, 7) is 4.32. The first kappa shape index (κ1) is 14.4. The number of nitrogens with one attached hydrogen (secondary N) is 1. The fourth-order valence-electron chi connectivity index (χ4n) is 1.45. The SMILES string of the molecule is CCOC(C)CNc1c(F)cc(C(=O)O)cc1F. The lowest BCUT2D eigenvalue weighted by atomic mass is 10.2. The Morgan fingerprint density at radius 3 is 2.44 bits per heavy atom. The van der Waals surface area contributed by atoms with Crippen LogP contribution in [0, 0.1) is 11.6 Å². The van der Waals surface area contributed by atoms with Gasteiger partial charge in [0.05, 0.1) is 11.7 Å². The predicted octanol–water partition coefficient (Wildman–Crippen LogP) is 2.50. The number of benzene rings is 1. The predicted molar refractivity (Wildman–Crippen MR) is 62.9 cm³/mol. The van der Waals surface area contributed by atoms with Gasteiger partial charge in [-0.05, 0) is 26.0 Å². The molecule has 0 aliphatic heterocycles. The molecule has 0 aliphatic carbocycles. The Hall–Kier alpha value is -1.69. The van der Waals surface area contributed by atoms with E-state index in [9.17, 15) is 13.6 Å². The summed E-state index contributed by atoms with van der Waals surface area (Å²) in [5.41, 5.74) is -0.764. The van der Waals surface area contributed by atoms with Crippen molar-refractivity contribution in [3.05, 3.63) is 29.3 Å². The number of anilines is 1. The van der Waals surface area contributed by atoms with Crippen LogP contribution in [0.3, 0.4) is 0 Å². The van der Waals surface area contributed by atoms with Crippen LogP contribution in [0.2, 0.25) is 0 Å². The normalized spacial score (nSPS) is 12.2. The highest BCUT2D eigenvalue weighted by atomic mass is 19.1. The van der Waals surface area contributed by atoms with Crippen LogP contribution in [0.5, 0.6) is 0 Å². The van der Waals surface area contributed by atoms with Gasteiger partial charge in [0.1, 0.15) is 17.3 Å². The second-order valence-electron chi connectivity index (χ2n) is 3.77. The fraction of sp³-hybridized carbons (Fsp3) is 0.417. The van der Waals surface area contributed by atoms with Crippen molar-refractivity contribution in [2.24, 2.45) is 0 Å². The van der Waals surface area contributed by atoms with E-state index in [-0.39, 0.29) is 18.3 Å². The Balaban J connectivity index is 2.81. The van der Waals surface area contributed by atoms with E-state index in [1.54, 1.807) is 6.92 Å². The molecular formula is C12H15F2NO3. The number of hydrogen-bond donors (Lipinski definition) is 2. The van der Waals surface area contributed by atoms with Crippen LogP contribution >= 0.6 is 0 Å². The number of carboxylic acids is 1. The number of ether oxygens (including phenoxy) is 1. The van der Waals surface area contributed by atoms with Crippen molar-refractivity contribution < 1.29 is 23.4 Å². The molecule has 0 amide bonds. The van der Waals surface area contributed by atoms with Crippen molar-refractivity contribution in [3.63, 3.8) is 0 Å². The molecule has 1 rings (SSSR count). The molecule has 18 heavy (non-hydrogen) atoms. The van der Waals surface area contributed by atoms with Crippen molar-refractivity contribution in [2.45, 2.75) is 20.0 Å². The lowest BCUT2D eigenvalue weighted by Gasteiger charge is -2.14. The number of carbonyl (C=O) groups is 1. The van der Waals surface area contributed by atoms with Gasteiger partial charge in [-0.3, -0.25) is 0 Å². The van der Waals surface area contributed by atoms with Gasteiger partial charge in [0, 0.05) is 13.2 Å². The van der Waals surface area contributed by atoms with Crippen molar-refractivity contribution >= 4 is 11.7 Å². The molecule has 0 radical (unpaired) electrons. The molecule has 6 heteroatoms. The van der Waals surface area contributed by atoms with E-state index in [4.69, 9.17) is 9.84 Å². The minimum absolute atomic E-state index is 0.201. The highest BCUT2D eigenvalue weighted by molar-refractivity contribution is 5.88. The smallest absolute Gasteiger partial charge is 0.335 e. The third-order valence-corrected chi connectivity index (χ3v) is 2.31. The van der Waals surface area contributed by atoms with E-state index in [0.717, 1.165) is 12.1 Å². The third-order valence-electron chi connectivity index (χ3n) is 2.31. The Morgan fingerprint density at radius 1 is 1.44 bits per heavy atom. The van der Waals surface area contributed by atoms with Crippen LogP contribution in [0.1, 0.15) is 24.2 Å². The van der Waals surface area contributed by atoms with E-state index in [0.29, 0.717) is 6.61 Å². The molecule has 0 spiro atoms. The van der Waals surface area contributed by atoms with Gasteiger partial charge >= 0.3 is 5.97 Å². The number of halogens is 2. The summed E-state index contributed by atoms with van der Waals surface area (Å²) < 4.78 is 32.2. The summed E-state index contributed by atoms with van der Waals surface area (Å²) in [7, 11) is 0. The zero-order valence-electron chi connectivity index (χ0n) is 10.2. The molecule has 1 atom stereocenters. The van der Waals surface area contributed by atoms with Gasteiger partial charge in [-0.1, -0.05) is 0 Å². The average Bonchev–Trinajstić information content (AvgIpc) is 2.27. The molecule has 1 aromatic carbocycles. The maximum atomic E-state index is 13.5. The Bertz CT molecular complexity index is 414. The highest BCUT2D eigenvalue weighted by Gasteiger charge is 2.15. The lowest BCUT2D eigenvalue weighted by Crippen LogP contribution is -2.21. The maximum Gasteiger partial charge on any atom is 0.335 e. The molecule has 1 unspecified atom stereocenters. The average molecular weight is 259 g/mol. The van der Waals surface area contributed by atoms with Crippen LogP contribution < -0.4 is 5.32 Å². The van der Waals surface area contributed by atoms with Crippen LogP contribution in [0.15, 0.2) is 12.1 Å². The third kappa shape index (κ3) is 3.66. The summed E-state index contributed by atoms with van der Waals surface area (Å²) in [5.74, 6) is -3.24. The Kier molecular flexibility index (Phi) is 5.03. The molecule has 0 saturated heterocycles. The Labute approximate surface area is 104 Å². The Morgan fingerprint density at radius 2 is 2.00 bits per heavy atom. The van der Waals surface area contributed by atoms with Crippen molar-refractivity contribution in [3.8, 4) is 0 Å².